The molecule has 156 valence electrons. The Bertz CT molecular complexity index is 1220. The number of hydrogen-bond donors (Lipinski definition) is 0. The van der Waals surface area contributed by atoms with Crippen molar-refractivity contribution in [1.82, 2.24) is 19.7 Å². The summed E-state index contributed by atoms with van der Waals surface area (Å²) in [5, 5.41) is 10.5. The second kappa shape index (κ2) is 9.57. The fourth-order valence-electron chi connectivity index (χ4n) is 3.33. The van der Waals surface area contributed by atoms with E-state index in [0.29, 0.717) is 24.1 Å². The number of carbonyl (C=O) groups is 1. The maximum absolute atomic E-state index is 11.8. The Morgan fingerprint density at radius 1 is 1.13 bits per heavy atom. The van der Waals surface area contributed by atoms with Crippen LogP contribution >= 0.6 is 11.8 Å². The fourth-order valence-corrected chi connectivity index (χ4v) is 4.08. The van der Waals surface area contributed by atoms with Crippen LogP contribution in [0.4, 0.5) is 0 Å². The molecule has 2 aromatic heterocycles. The van der Waals surface area contributed by atoms with Crippen LogP contribution in [0, 0.1) is 0 Å². The van der Waals surface area contributed by atoms with E-state index in [4.69, 9.17) is 9.72 Å². The van der Waals surface area contributed by atoms with Crippen molar-refractivity contribution < 1.29 is 9.53 Å². The van der Waals surface area contributed by atoms with Crippen molar-refractivity contribution in [3.8, 4) is 22.6 Å². The molecule has 0 saturated carbocycles. The quantitative estimate of drug-likeness (QED) is 0.223. The maximum Gasteiger partial charge on any atom is 0.316 e. The van der Waals surface area contributed by atoms with E-state index in [1.54, 1.807) is 13.0 Å². The topological polar surface area (TPSA) is 69.9 Å². The number of esters is 1. The third kappa shape index (κ3) is 4.51. The normalized spacial score (nSPS) is 10.9. The van der Waals surface area contributed by atoms with Crippen LogP contribution in [0.15, 0.2) is 78.5 Å². The van der Waals surface area contributed by atoms with Gasteiger partial charge >= 0.3 is 5.97 Å². The van der Waals surface area contributed by atoms with Crippen molar-refractivity contribution >= 4 is 28.6 Å². The van der Waals surface area contributed by atoms with Gasteiger partial charge in [0.15, 0.2) is 11.0 Å². The van der Waals surface area contributed by atoms with Gasteiger partial charge < -0.3 is 4.74 Å². The molecule has 0 N–H and O–H groups in total. The first kappa shape index (κ1) is 20.8. The van der Waals surface area contributed by atoms with Gasteiger partial charge in [-0.3, -0.25) is 9.36 Å². The van der Waals surface area contributed by atoms with Crippen LogP contribution in [0.5, 0.6) is 0 Å². The van der Waals surface area contributed by atoms with Crippen LogP contribution in [0.3, 0.4) is 0 Å². The Kier molecular flexibility index (Phi) is 6.43. The van der Waals surface area contributed by atoms with E-state index in [1.807, 2.05) is 65.2 Å². The largest absolute Gasteiger partial charge is 0.465 e. The molecule has 4 rings (SSSR count). The number of aromatic nitrogens is 4. The van der Waals surface area contributed by atoms with Gasteiger partial charge in [0, 0.05) is 23.1 Å². The highest BCUT2D eigenvalue weighted by Gasteiger charge is 2.18. The highest BCUT2D eigenvalue weighted by Crippen LogP contribution is 2.33. The van der Waals surface area contributed by atoms with Gasteiger partial charge in [-0.25, -0.2) is 4.98 Å². The van der Waals surface area contributed by atoms with E-state index in [2.05, 4.69) is 16.8 Å². The SMILES string of the molecule is C=CCn1c(SCC(=O)OCC)nnc1-c1cc(-c2ccccc2)nc2ccccc12. The summed E-state index contributed by atoms with van der Waals surface area (Å²) in [6.07, 6.45) is 1.79. The number of nitrogens with zero attached hydrogens (tertiary/aromatic N) is 4. The first-order valence-corrected chi connectivity index (χ1v) is 11.0. The molecule has 0 amide bonds. The van der Waals surface area contributed by atoms with Crippen molar-refractivity contribution in [1.29, 1.82) is 0 Å². The molecule has 0 radical (unpaired) electrons. The average Bonchev–Trinajstić information content (AvgIpc) is 3.20. The molecule has 6 nitrogen and oxygen atoms in total. The molecule has 31 heavy (non-hydrogen) atoms. The molecule has 4 aromatic rings. The second-order valence-electron chi connectivity index (χ2n) is 6.74. The molecule has 0 unspecified atom stereocenters. The van der Waals surface area contributed by atoms with Crippen molar-refractivity contribution in [2.45, 2.75) is 18.6 Å². The Morgan fingerprint density at radius 2 is 1.90 bits per heavy atom. The summed E-state index contributed by atoms with van der Waals surface area (Å²) in [5.41, 5.74) is 3.71. The van der Waals surface area contributed by atoms with E-state index in [0.717, 1.165) is 27.7 Å². The van der Waals surface area contributed by atoms with Gasteiger partial charge in [0.2, 0.25) is 0 Å². The molecular formula is C24H22N4O2S. The smallest absolute Gasteiger partial charge is 0.316 e. The number of pyridine rings is 1. The molecule has 7 heteroatoms. The highest BCUT2D eigenvalue weighted by atomic mass is 32.2. The summed E-state index contributed by atoms with van der Waals surface area (Å²) < 4.78 is 7.00. The van der Waals surface area contributed by atoms with E-state index in [-0.39, 0.29) is 11.7 Å². The Balaban J connectivity index is 1.82. The van der Waals surface area contributed by atoms with Gasteiger partial charge in [-0.2, -0.15) is 0 Å². The zero-order valence-corrected chi connectivity index (χ0v) is 18.0. The second-order valence-corrected chi connectivity index (χ2v) is 7.68. The number of para-hydroxylation sites is 1. The Hall–Kier alpha value is -3.45. The van der Waals surface area contributed by atoms with Gasteiger partial charge in [0.1, 0.15) is 0 Å². The van der Waals surface area contributed by atoms with Crippen molar-refractivity contribution in [3.05, 3.63) is 73.3 Å². The Labute approximate surface area is 185 Å². The lowest BCUT2D eigenvalue weighted by Crippen LogP contribution is -2.08. The summed E-state index contributed by atoms with van der Waals surface area (Å²) in [6, 6.07) is 20.1. The average molecular weight is 431 g/mol. The van der Waals surface area contributed by atoms with Gasteiger partial charge in [-0.15, -0.1) is 16.8 Å². The predicted octanol–water partition coefficient (Wildman–Crippen LogP) is 5.00. The summed E-state index contributed by atoms with van der Waals surface area (Å²) in [5.74, 6) is 0.611. The molecule has 0 aliphatic heterocycles. The molecule has 2 aromatic carbocycles. The molecule has 0 aliphatic carbocycles. The summed E-state index contributed by atoms with van der Waals surface area (Å²) in [4.78, 5) is 16.7. The highest BCUT2D eigenvalue weighted by molar-refractivity contribution is 7.99. The number of fused-ring (bicyclic) bond motifs is 1. The van der Waals surface area contributed by atoms with Crippen LogP contribution in [0.2, 0.25) is 0 Å². The summed E-state index contributed by atoms with van der Waals surface area (Å²) in [6.45, 7) is 6.54. The number of benzene rings is 2. The minimum absolute atomic E-state index is 0.176. The molecule has 0 spiro atoms. The van der Waals surface area contributed by atoms with Gasteiger partial charge in [-0.1, -0.05) is 66.4 Å². The number of thioether (sulfide) groups is 1. The molecule has 0 saturated heterocycles. The van der Waals surface area contributed by atoms with E-state index < -0.39 is 0 Å². The molecule has 0 atom stereocenters. The van der Waals surface area contributed by atoms with E-state index in [1.165, 1.54) is 11.8 Å². The summed E-state index contributed by atoms with van der Waals surface area (Å²) >= 11 is 1.31. The van der Waals surface area contributed by atoms with Crippen molar-refractivity contribution in [3.63, 3.8) is 0 Å². The van der Waals surface area contributed by atoms with Gasteiger partial charge in [-0.05, 0) is 19.1 Å². The third-order valence-corrected chi connectivity index (χ3v) is 5.62. The number of carbonyl (C=O) groups excluding carboxylic acids is 1. The third-order valence-electron chi connectivity index (χ3n) is 4.68. The standard InChI is InChI=1S/C24H22N4O2S/c1-3-14-28-23(26-27-24(28)31-16-22(29)30-4-2)19-15-21(17-10-6-5-7-11-17)25-20-13-9-8-12-18(19)20/h3,5-13,15H,1,4,14,16H2,2H3. The van der Waals surface area contributed by atoms with Crippen molar-refractivity contribution in [2.75, 3.05) is 12.4 Å². The molecule has 2 heterocycles. The lowest BCUT2D eigenvalue weighted by Gasteiger charge is -2.12. The molecule has 0 fully saturated rings. The number of hydrogen-bond acceptors (Lipinski definition) is 6. The fraction of sp³-hybridized carbons (Fsp3) is 0.167. The molecular weight excluding hydrogens is 408 g/mol. The molecule has 0 bridgehead atoms. The maximum atomic E-state index is 11.8. The summed E-state index contributed by atoms with van der Waals surface area (Å²) in [7, 11) is 0. The predicted molar refractivity (Wildman–Crippen MR) is 124 cm³/mol. The number of allylic oxidation sites excluding steroid dienone is 1. The first-order chi connectivity index (χ1) is 15.2. The van der Waals surface area contributed by atoms with Gasteiger partial charge in [0.25, 0.3) is 0 Å². The lowest BCUT2D eigenvalue weighted by molar-refractivity contribution is -0.139. The zero-order chi connectivity index (χ0) is 21.6. The van der Waals surface area contributed by atoms with Crippen LogP contribution in [-0.2, 0) is 16.1 Å². The van der Waals surface area contributed by atoms with Crippen LogP contribution in [0.1, 0.15) is 6.92 Å². The van der Waals surface area contributed by atoms with Gasteiger partial charge in [0.05, 0.1) is 23.6 Å². The number of ether oxygens (including phenoxy) is 1. The van der Waals surface area contributed by atoms with E-state index >= 15 is 0 Å². The lowest BCUT2D eigenvalue weighted by atomic mass is 10.0. The Morgan fingerprint density at radius 3 is 2.68 bits per heavy atom. The molecule has 0 aliphatic rings. The zero-order valence-electron chi connectivity index (χ0n) is 17.2. The van der Waals surface area contributed by atoms with Crippen LogP contribution in [-0.4, -0.2) is 38.1 Å². The minimum atomic E-state index is -0.275. The first-order valence-electron chi connectivity index (χ1n) is 9.99. The van der Waals surface area contributed by atoms with E-state index in [9.17, 15) is 4.79 Å². The number of rotatable bonds is 8. The monoisotopic (exact) mass is 430 g/mol. The minimum Gasteiger partial charge on any atom is -0.465 e. The van der Waals surface area contributed by atoms with Crippen molar-refractivity contribution in [2.24, 2.45) is 0 Å². The van der Waals surface area contributed by atoms with Crippen LogP contribution in [0.25, 0.3) is 33.5 Å². The van der Waals surface area contributed by atoms with Crippen LogP contribution < -0.4 is 0 Å².